The van der Waals surface area contributed by atoms with Crippen LogP contribution < -0.4 is 10.6 Å². The van der Waals surface area contributed by atoms with Crippen molar-refractivity contribution in [1.82, 2.24) is 10.6 Å². The number of hydrogen-bond donors (Lipinski definition) is 2. The molecule has 12 heteroatoms. The molecule has 226 valence electrons. The van der Waals surface area contributed by atoms with Gasteiger partial charge in [0, 0.05) is 24.2 Å². The lowest BCUT2D eigenvalue weighted by molar-refractivity contribution is -0.141. The number of rotatable bonds is 19. The third kappa shape index (κ3) is 12.4. The van der Waals surface area contributed by atoms with Crippen LogP contribution in [-0.2, 0) is 38.0 Å². The van der Waals surface area contributed by atoms with Gasteiger partial charge in [-0.1, -0.05) is 13.2 Å². The second-order valence-corrected chi connectivity index (χ2v) is 10.1. The quantitative estimate of drug-likeness (QED) is 0.103. The van der Waals surface area contributed by atoms with Crippen molar-refractivity contribution in [3.05, 3.63) is 24.3 Å². The van der Waals surface area contributed by atoms with Gasteiger partial charge in [-0.15, -0.1) is 0 Å². The molecule has 2 fully saturated rings. The zero-order valence-corrected chi connectivity index (χ0v) is 23.7. The average Bonchev–Trinajstić information content (AvgIpc) is 3.46. The van der Waals surface area contributed by atoms with Crippen molar-refractivity contribution in [2.75, 3.05) is 65.9 Å². The first-order chi connectivity index (χ1) is 19.2. The maximum Gasteiger partial charge on any atom is 0.407 e. The Labute approximate surface area is 236 Å². The highest BCUT2D eigenvalue weighted by atomic mass is 16.6. The Morgan fingerprint density at radius 3 is 1.73 bits per heavy atom. The molecule has 2 aliphatic rings. The van der Waals surface area contributed by atoms with Gasteiger partial charge in [0.15, 0.2) is 0 Å². The van der Waals surface area contributed by atoms with Gasteiger partial charge in [0.1, 0.15) is 26.4 Å². The predicted molar refractivity (Wildman–Crippen MR) is 144 cm³/mol. The lowest BCUT2D eigenvalue weighted by Crippen LogP contribution is -2.33. The molecule has 4 unspecified atom stereocenters. The Balaban J connectivity index is 1.48. The number of amides is 2. The molecule has 0 aliphatic heterocycles. The molecule has 2 aliphatic carbocycles. The Bertz CT molecular complexity index is 877. The van der Waals surface area contributed by atoms with E-state index in [0.29, 0.717) is 47.9 Å². The van der Waals surface area contributed by atoms with Gasteiger partial charge in [-0.25, -0.2) is 19.2 Å². The molecule has 2 rings (SSSR count). The van der Waals surface area contributed by atoms with Crippen LogP contribution in [0.15, 0.2) is 24.3 Å². The van der Waals surface area contributed by atoms with Crippen LogP contribution in [0.3, 0.4) is 0 Å². The summed E-state index contributed by atoms with van der Waals surface area (Å²) in [5, 5.41) is 5.66. The minimum Gasteiger partial charge on any atom is -0.460 e. The first-order valence-electron chi connectivity index (χ1n) is 13.8. The zero-order valence-electron chi connectivity index (χ0n) is 23.7. The molecule has 0 spiro atoms. The van der Waals surface area contributed by atoms with E-state index >= 15 is 0 Å². The predicted octanol–water partition coefficient (Wildman–Crippen LogP) is 2.76. The first kappa shape index (κ1) is 33.1. The maximum absolute atomic E-state index is 12.0. The molecule has 2 amide bonds. The van der Waals surface area contributed by atoms with Gasteiger partial charge in [0.2, 0.25) is 0 Å². The number of fused-ring (bicyclic) bond motifs is 2. The Morgan fingerprint density at radius 1 is 0.700 bits per heavy atom. The van der Waals surface area contributed by atoms with Crippen LogP contribution in [0.2, 0.25) is 0 Å². The normalized spacial score (nSPS) is 20.9. The van der Waals surface area contributed by atoms with E-state index in [1.165, 1.54) is 6.42 Å². The Hall–Kier alpha value is -3.12. The zero-order chi connectivity index (χ0) is 29.3. The van der Waals surface area contributed by atoms with Gasteiger partial charge in [0.25, 0.3) is 0 Å². The number of ether oxygens (including phenoxy) is 6. The first-order valence-corrected chi connectivity index (χ1v) is 13.8. The number of nitrogens with one attached hydrogen (secondary N) is 2. The van der Waals surface area contributed by atoms with Crippen LogP contribution in [0.4, 0.5) is 9.59 Å². The van der Waals surface area contributed by atoms with E-state index in [1.54, 1.807) is 13.8 Å². The molecule has 4 atom stereocenters. The summed E-state index contributed by atoms with van der Waals surface area (Å²) in [6.45, 7) is 12.5. The second-order valence-electron chi connectivity index (χ2n) is 10.1. The van der Waals surface area contributed by atoms with Gasteiger partial charge in [-0.2, -0.15) is 0 Å². The highest BCUT2D eigenvalue weighted by molar-refractivity contribution is 5.87. The van der Waals surface area contributed by atoms with Crippen molar-refractivity contribution in [1.29, 1.82) is 0 Å². The van der Waals surface area contributed by atoms with Gasteiger partial charge >= 0.3 is 24.1 Å². The number of carbonyl (C=O) groups excluding carboxylic acids is 4. The van der Waals surface area contributed by atoms with E-state index in [-0.39, 0.29) is 52.9 Å². The van der Waals surface area contributed by atoms with Gasteiger partial charge < -0.3 is 39.1 Å². The van der Waals surface area contributed by atoms with Crippen LogP contribution in [-0.4, -0.2) is 90.1 Å². The van der Waals surface area contributed by atoms with Crippen molar-refractivity contribution in [3.8, 4) is 0 Å². The SMILES string of the molecule is C=C(C)C(=O)OCCOCCOC(=O)NCCC1C2CCC1C(CNC(=O)OCCOCCOC(=O)C(=C)C)C2. The molecule has 40 heavy (non-hydrogen) atoms. The van der Waals surface area contributed by atoms with Crippen LogP contribution >= 0.6 is 0 Å². The molecule has 0 aromatic rings. The van der Waals surface area contributed by atoms with Crippen LogP contribution in [0.25, 0.3) is 0 Å². The molecular formula is C28H44N2O10. The van der Waals surface area contributed by atoms with Gasteiger partial charge in [-0.3, -0.25) is 0 Å². The van der Waals surface area contributed by atoms with Crippen LogP contribution in [0, 0.1) is 23.7 Å². The monoisotopic (exact) mass is 568 g/mol. The topological polar surface area (TPSA) is 148 Å². The highest BCUT2D eigenvalue weighted by Gasteiger charge is 2.47. The molecule has 0 aromatic heterocycles. The third-order valence-corrected chi connectivity index (χ3v) is 7.03. The minimum absolute atomic E-state index is 0.107. The van der Waals surface area contributed by atoms with E-state index < -0.39 is 24.1 Å². The van der Waals surface area contributed by atoms with Crippen molar-refractivity contribution in [3.63, 3.8) is 0 Å². The van der Waals surface area contributed by atoms with E-state index in [0.717, 1.165) is 19.3 Å². The van der Waals surface area contributed by atoms with Gasteiger partial charge in [0.05, 0.1) is 26.4 Å². The van der Waals surface area contributed by atoms with Gasteiger partial charge in [-0.05, 0) is 63.2 Å². The molecule has 0 radical (unpaired) electrons. The second kappa shape index (κ2) is 18.3. The summed E-state index contributed by atoms with van der Waals surface area (Å²) in [5.41, 5.74) is 0.658. The molecule has 2 bridgehead atoms. The summed E-state index contributed by atoms with van der Waals surface area (Å²) in [6, 6.07) is 0. The van der Waals surface area contributed by atoms with Crippen molar-refractivity contribution in [2.45, 2.75) is 39.5 Å². The fraction of sp³-hybridized carbons (Fsp3) is 0.714. The van der Waals surface area contributed by atoms with E-state index in [9.17, 15) is 19.2 Å². The van der Waals surface area contributed by atoms with Crippen molar-refractivity contribution in [2.24, 2.45) is 23.7 Å². The van der Waals surface area contributed by atoms with E-state index in [1.807, 2.05) is 0 Å². The minimum atomic E-state index is -0.486. The smallest absolute Gasteiger partial charge is 0.407 e. The van der Waals surface area contributed by atoms with Crippen molar-refractivity contribution >= 4 is 24.1 Å². The lowest BCUT2D eigenvalue weighted by Gasteiger charge is -2.22. The largest absolute Gasteiger partial charge is 0.460 e. The van der Waals surface area contributed by atoms with Crippen LogP contribution in [0.5, 0.6) is 0 Å². The third-order valence-electron chi connectivity index (χ3n) is 7.03. The summed E-state index contributed by atoms with van der Waals surface area (Å²) in [5.74, 6) is 1.11. The highest BCUT2D eigenvalue weighted by Crippen LogP contribution is 2.53. The maximum atomic E-state index is 12.0. The Kier molecular flexibility index (Phi) is 15.1. The summed E-state index contributed by atoms with van der Waals surface area (Å²) in [4.78, 5) is 46.5. The molecule has 2 N–H and O–H groups in total. The molecular weight excluding hydrogens is 524 g/mol. The number of esters is 2. The molecule has 0 saturated heterocycles. The summed E-state index contributed by atoms with van der Waals surface area (Å²) >= 11 is 0. The Morgan fingerprint density at radius 2 is 1.20 bits per heavy atom. The van der Waals surface area contributed by atoms with E-state index in [2.05, 4.69) is 23.8 Å². The molecule has 0 aromatic carbocycles. The average molecular weight is 569 g/mol. The molecule has 2 saturated carbocycles. The summed E-state index contributed by atoms with van der Waals surface area (Å²) < 4.78 is 30.6. The van der Waals surface area contributed by atoms with Crippen molar-refractivity contribution < 1.29 is 47.6 Å². The molecule has 0 heterocycles. The summed E-state index contributed by atoms with van der Waals surface area (Å²) in [7, 11) is 0. The lowest BCUT2D eigenvalue weighted by atomic mass is 9.87. The number of alkyl carbamates (subject to hydrolysis) is 2. The fourth-order valence-corrected chi connectivity index (χ4v) is 5.19. The molecule has 12 nitrogen and oxygen atoms in total. The summed E-state index contributed by atoms with van der Waals surface area (Å²) in [6.07, 6.45) is 3.28. The number of hydrogen-bond acceptors (Lipinski definition) is 10. The fourth-order valence-electron chi connectivity index (χ4n) is 5.19. The number of carbonyl (C=O) groups is 4. The van der Waals surface area contributed by atoms with Crippen LogP contribution in [0.1, 0.15) is 39.5 Å². The van der Waals surface area contributed by atoms with E-state index in [4.69, 9.17) is 28.4 Å². The standard InChI is InChI=1S/C28H44N2O10/c1-19(2)25(31)37-13-9-35-11-15-39-27(33)29-8-7-24-21-5-6-23(24)22(17-21)18-30-28(34)40-16-12-36-10-14-38-26(32)20(3)4/h21-24H,1,3,5-18H2,2,4H3,(H,29,33)(H,30,34).